The topological polar surface area (TPSA) is 55.3 Å². The lowest BCUT2D eigenvalue weighted by molar-refractivity contribution is -0.137. The first-order chi connectivity index (χ1) is 17.3. The van der Waals surface area contributed by atoms with Gasteiger partial charge in [0.15, 0.2) is 0 Å². The minimum absolute atomic E-state index is 0.0412. The normalized spacial score (nSPS) is 14.2. The molecular weight excluding hydrogens is 467 g/mol. The molecule has 0 amide bonds. The minimum atomic E-state index is -4.42. The van der Waals surface area contributed by atoms with E-state index >= 15 is 0 Å². The van der Waals surface area contributed by atoms with Crippen LogP contribution in [0.4, 0.5) is 19.0 Å². The smallest absolute Gasteiger partial charge is 0.378 e. The summed E-state index contributed by atoms with van der Waals surface area (Å²) in [6, 6.07) is 18.5. The Morgan fingerprint density at radius 1 is 0.861 bits per heavy atom. The van der Waals surface area contributed by atoms with E-state index in [1.165, 1.54) is 6.07 Å². The fourth-order valence-corrected chi connectivity index (χ4v) is 4.32. The van der Waals surface area contributed by atoms with E-state index in [0.29, 0.717) is 18.8 Å². The van der Waals surface area contributed by atoms with Gasteiger partial charge in [0.2, 0.25) is 0 Å². The fourth-order valence-electron chi connectivity index (χ4n) is 4.32. The van der Waals surface area contributed by atoms with Gasteiger partial charge in [-0.25, -0.2) is 4.98 Å². The molecule has 1 saturated heterocycles. The fraction of sp³-hybridized carbons (Fsp3) is 0.250. The number of halogens is 3. The standard InChI is InChI=1S/C28H24F3N3O2/c29-28(30,31)23-3-1-2-20(14-23)16-24(35)15-19-4-6-21(7-5-19)22-8-9-25-26(17-22)33-27(18-32-25)34-10-12-36-13-11-34/h1-9,14,17-18H,10-13,15-16H2. The Bertz CT molecular complexity index is 1380. The molecule has 0 N–H and O–H groups in total. The molecule has 1 aliphatic rings. The molecule has 0 radical (unpaired) electrons. The molecule has 1 aliphatic heterocycles. The number of benzene rings is 3. The maximum absolute atomic E-state index is 12.9. The molecule has 2 heterocycles. The van der Waals surface area contributed by atoms with Crippen molar-refractivity contribution in [1.29, 1.82) is 0 Å². The van der Waals surface area contributed by atoms with E-state index in [9.17, 15) is 18.0 Å². The molecule has 1 fully saturated rings. The van der Waals surface area contributed by atoms with Crippen molar-refractivity contribution in [2.24, 2.45) is 0 Å². The van der Waals surface area contributed by atoms with Crippen LogP contribution in [0.2, 0.25) is 0 Å². The second-order valence-electron chi connectivity index (χ2n) is 8.82. The zero-order chi connectivity index (χ0) is 25.1. The van der Waals surface area contributed by atoms with Gasteiger partial charge in [-0.2, -0.15) is 13.2 Å². The summed E-state index contributed by atoms with van der Waals surface area (Å²) >= 11 is 0. The highest BCUT2D eigenvalue weighted by molar-refractivity contribution is 5.84. The third-order valence-electron chi connectivity index (χ3n) is 6.21. The number of Topliss-reactive ketones (excluding diaryl/α,β-unsaturated/α-hetero) is 1. The number of rotatable bonds is 6. The van der Waals surface area contributed by atoms with Gasteiger partial charge in [-0.3, -0.25) is 9.78 Å². The molecule has 1 aromatic heterocycles. The summed E-state index contributed by atoms with van der Waals surface area (Å²) in [5.74, 6) is 0.691. The summed E-state index contributed by atoms with van der Waals surface area (Å²) in [5.41, 5.74) is 4.01. The van der Waals surface area contributed by atoms with Crippen LogP contribution in [-0.4, -0.2) is 42.1 Å². The van der Waals surface area contributed by atoms with Crippen LogP contribution in [-0.2, 0) is 28.5 Å². The van der Waals surface area contributed by atoms with Crippen molar-refractivity contribution in [2.45, 2.75) is 19.0 Å². The number of hydrogen-bond acceptors (Lipinski definition) is 5. The average Bonchev–Trinajstić information content (AvgIpc) is 2.88. The van der Waals surface area contributed by atoms with Gasteiger partial charge in [0.25, 0.3) is 0 Å². The van der Waals surface area contributed by atoms with E-state index in [0.717, 1.165) is 58.8 Å². The Hall–Kier alpha value is -3.78. The molecule has 0 spiro atoms. The molecule has 0 bridgehead atoms. The van der Waals surface area contributed by atoms with Crippen molar-refractivity contribution in [3.05, 3.63) is 89.6 Å². The molecule has 5 rings (SSSR count). The van der Waals surface area contributed by atoms with Crippen molar-refractivity contribution in [3.63, 3.8) is 0 Å². The van der Waals surface area contributed by atoms with Crippen LogP contribution in [0.5, 0.6) is 0 Å². The van der Waals surface area contributed by atoms with Crippen molar-refractivity contribution in [1.82, 2.24) is 9.97 Å². The van der Waals surface area contributed by atoms with Crippen molar-refractivity contribution in [2.75, 3.05) is 31.2 Å². The van der Waals surface area contributed by atoms with Gasteiger partial charge in [0.05, 0.1) is 36.0 Å². The summed E-state index contributed by atoms with van der Waals surface area (Å²) in [7, 11) is 0. The minimum Gasteiger partial charge on any atom is -0.378 e. The van der Waals surface area contributed by atoms with Crippen molar-refractivity contribution < 1.29 is 22.7 Å². The third-order valence-corrected chi connectivity index (χ3v) is 6.21. The van der Waals surface area contributed by atoms with Gasteiger partial charge in [-0.1, -0.05) is 48.5 Å². The van der Waals surface area contributed by atoms with Gasteiger partial charge >= 0.3 is 6.18 Å². The van der Waals surface area contributed by atoms with Gasteiger partial charge in [0.1, 0.15) is 11.6 Å². The lowest BCUT2D eigenvalue weighted by Crippen LogP contribution is -2.36. The second-order valence-corrected chi connectivity index (χ2v) is 8.82. The Kier molecular flexibility index (Phi) is 6.69. The lowest BCUT2D eigenvalue weighted by Gasteiger charge is -2.27. The van der Waals surface area contributed by atoms with Gasteiger partial charge in [-0.05, 0) is 40.5 Å². The zero-order valence-electron chi connectivity index (χ0n) is 19.5. The van der Waals surface area contributed by atoms with E-state index in [1.807, 2.05) is 42.5 Å². The second kappa shape index (κ2) is 10.1. The number of nitrogens with zero attached hydrogens (tertiary/aromatic N) is 3. The van der Waals surface area contributed by atoms with E-state index < -0.39 is 11.7 Å². The summed E-state index contributed by atoms with van der Waals surface area (Å²) in [6.45, 7) is 2.92. The van der Waals surface area contributed by atoms with E-state index in [2.05, 4.69) is 9.88 Å². The highest BCUT2D eigenvalue weighted by atomic mass is 19.4. The summed E-state index contributed by atoms with van der Waals surface area (Å²) in [6.07, 6.45) is -2.52. The molecule has 0 saturated carbocycles. The average molecular weight is 492 g/mol. The first-order valence-corrected chi connectivity index (χ1v) is 11.7. The maximum Gasteiger partial charge on any atom is 0.416 e. The molecule has 184 valence electrons. The Balaban J connectivity index is 1.28. The molecular formula is C28H24F3N3O2. The van der Waals surface area contributed by atoms with E-state index in [-0.39, 0.29) is 18.6 Å². The molecule has 0 aliphatic carbocycles. The predicted octanol–water partition coefficient (Wildman–Crippen LogP) is 5.51. The number of anilines is 1. The van der Waals surface area contributed by atoms with Gasteiger partial charge in [0, 0.05) is 25.9 Å². The summed E-state index contributed by atoms with van der Waals surface area (Å²) in [4.78, 5) is 24.0. The number of fused-ring (bicyclic) bond motifs is 1. The molecule has 3 aromatic carbocycles. The number of hydrogen-bond donors (Lipinski definition) is 0. The number of alkyl halides is 3. The zero-order valence-corrected chi connectivity index (χ0v) is 19.5. The maximum atomic E-state index is 12.9. The molecule has 4 aromatic rings. The van der Waals surface area contributed by atoms with E-state index in [4.69, 9.17) is 9.72 Å². The van der Waals surface area contributed by atoms with Crippen LogP contribution in [0.25, 0.3) is 22.2 Å². The first kappa shape index (κ1) is 23.9. The SMILES string of the molecule is O=C(Cc1ccc(-c2ccc3ncc(N4CCOCC4)nc3c2)cc1)Cc1cccc(C(F)(F)F)c1. The quantitative estimate of drug-likeness (QED) is 0.356. The Morgan fingerprint density at radius 2 is 1.58 bits per heavy atom. The third kappa shape index (κ3) is 5.54. The highest BCUT2D eigenvalue weighted by Crippen LogP contribution is 2.30. The molecule has 0 atom stereocenters. The molecule has 8 heteroatoms. The summed E-state index contributed by atoms with van der Waals surface area (Å²) < 4.78 is 44.2. The number of carbonyl (C=O) groups excluding carboxylic acids is 1. The van der Waals surface area contributed by atoms with Crippen LogP contribution in [0.15, 0.2) is 72.9 Å². The number of carbonyl (C=O) groups is 1. The van der Waals surface area contributed by atoms with Gasteiger partial charge in [-0.15, -0.1) is 0 Å². The number of ether oxygens (including phenoxy) is 1. The molecule has 5 nitrogen and oxygen atoms in total. The monoisotopic (exact) mass is 491 g/mol. The van der Waals surface area contributed by atoms with Crippen molar-refractivity contribution in [3.8, 4) is 11.1 Å². The van der Waals surface area contributed by atoms with Crippen molar-refractivity contribution >= 4 is 22.6 Å². The van der Waals surface area contributed by atoms with Crippen LogP contribution in [0.1, 0.15) is 16.7 Å². The number of ketones is 1. The summed E-state index contributed by atoms with van der Waals surface area (Å²) in [5, 5.41) is 0. The van der Waals surface area contributed by atoms with Crippen LogP contribution in [0.3, 0.4) is 0 Å². The van der Waals surface area contributed by atoms with E-state index in [1.54, 1.807) is 12.3 Å². The number of aromatic nitrogens is 2. The van der Waals surface area contributed by atoms with Gasteiger partial charge < -0.3 is 9.64 Å². The first-order valence-electron chi connectivity index (χ1n) is 11.7. The largest absolute Gasteiger partial charge is 0.416 e. The molecule has 0 unspecified atom stereocenters. The Morgan fingerprint density at radius 3 is 2.33 bits per heavy atom. The number of morpholine rings is 1. The molecule has 36 heavy (non-hydrogen) atoms. The van der Waals surface area contributed by atoms with Crippen LogP contribution in [0, 0.1) is 0 Å². The van der Waals surface area contributed by atoms with Crippen LogP contribution >= 0.6 is 0 Å². The Labute approximate surface area is 206 Å². The predicted molar refractivity (Wildman–Crippen MR) is 132 cm³/mol. The lowest BCUT2D eigenvalue weighted by atomic mass is 9.98. The highest BCUT2D eigenvalue weighted by Gasteiger charge is 2.30. The van der Waals surface area contributed by atoms with Crippen LogP contribution < -0.4 is 4.90 Å².